The van der Waals surface area contributed by atoms with Crippen molar-refractivity contribution >= 4 is 11.7 Å². The Labute approximate surface area is 116 Å². The minimum absolute atomic E-state index is 0.160. The lowest BCUT2D eigenvalue weighted by Crippen LogP contribution is -2.15. The van der Waals surface area contributed by atoms with Crippen molar-refractivity contribution in [1.82, 2.24) is 9.78 Å². The number of nitriles is 1. The first kappa shape index (κ1) is 13.6. The molecule has 0 spiro atoms. The number of anilines is 1. The van der Waals surface area contributed by atoms with Crippen LogP contribution < -0.4 is 10.1 Å². The van der Waals surface area contributed by atoms with Crippen LogP contribution in [-0.4, -0.2) is 22.3 Å². The number of hydrogen-bond acceptors (Lipinski definition) is 4. The van der Waals surface area contributed by atoms with E-state index in [9.17, 15) is 4.79 Å². The van der Waals surface area contributed by atoms with E-state index in [2.05, 4.69) is 10.4 Å². The molecular formula is C14H14N4O2. The molecule has 1 aromatic carbocycles. The summed E-state index contributed by atoms with van der Waals surface area (Å²) >= 11 is 0. The Kier molecular flexibility index (Phi) is 4.73. The first-order valence-corrected chi connectivity index (χ1v) is 6.16. The summed E-state index contributed by atoms with van der Waals surface area (Å²) in [5, 5.41) is 15.2. The van der Waals surface area contributed by atoms with E-state index in [0.717, 1.165) is 5.75 Å². The van der Waals surface area contributed by atoms with E-state index in [4.69, 9.17) is 10.00 Å². The summed E-state index contributed by atoms with van der Waals surface area (Å²) in [6.07, 6.45) is 1.87. The molecule has 20 heavy (non-hydrogen) atoms. The second-order valence-corrected chi connectivity index (χ2v) is 4.02. The summed E-state index contributed by atoms with van der Waals surface area (Å²) in [6, 6.07) is 12.9. The molecule has 1 heterocycles. The van der Waals surface area contributed by atoms with Crippen LogP contribution in [0.4, 0.5) is 5.82 Å². The van der Waals surface area contributed by atoms with Crippen molar-refractivity contribution in [3.63, 3.8) is 0 Å². The number of hydrogen-bond donors (Lipinski definition) is 1. The Morgan fingerprint density at radius 3 is 2.90 bits per heavy atom. The van der Waals surface area contributed by atoms with Crippen LogP contribution in [-0.2, 0) is 11.3 Å². The summed E-state index contributed by atoms with van der Waals surface area (Å²) in [7, 11) is 0. The van der Waals surface area contributed by atoms with Crippen molar-refractivity contribution < 1.29 is 9.53 Å². The maximum Gasteiger partial charge on any atom is 0.229 e. The zero-order valence-corrected chi connectivity index (χ0v) is 10.8. The molecule has 1 amide bonds. The van der Waals surface area contributed by atoms with Gasteiger partial charge in [-0.2, -0.15) is 10.4 Å². The average Bonchev–Trinajstić information content (AvgIpc) is 2.88. The number of ether oxygens (including phenoxy) is 1. The quantitative estimate of drug-likeness (QED) is 0.868. The van der Waals surface area contributed by atoms with Crippen LogP contribution >= 0.6 is 0 Å². The maximum atomic E-state index is 11.7. The number of rotatable bonds is 6. The van der Waals surface area contributed by atoms with E-state index in [1.807, 2.05) is 36.4 Å². The molecule has 0 unspecified atom stereocenters. The summed E-state index contributed by atoms with van der Waals surface area (Å²) in [5.74, 6) is 0.992. The molecule has 0 saturated carbocycles. The normalized spacial score (nSPS) is 9.75. The molecule has 2 aromatic rings. The van der Waals surface area contributed by atoms with Crippen molar-refractivity contribution in [2.75, 3.05) is 11.9 Å². The Morgan fingerprint density at radius 1 is 1.35 bits per heavy atom. The number of amides is 1. The van der Waals surface area contributed by atoms with E-state index in [0.29, 0.717) is 12.4 Å². The summed E-state index contributed by atoms with van der Waals surface area (Å²) in [6.45, 7) is 0.460. The lowest BCUT2D eigenvalue weighted by Gasteiger charge is -2.05. The summed E-state index contributed by atoms with van der Waals surface area (Å²) < 4.78 is 6.88. The minimum atomic E-state index is -0.178. The van der Waals surface area contributed by atoms with E-state index in [1.54, 1.807) is 12.3 Å². The van der Waals surface area contributed by atoms with Gasteiger partial charge in [-0.3, -0.25) is 9.48 Å². The first-order valence-electron chi connectivity index (χ1n) is 6.16. The van der Waals surface area contributed by atoms with Gasteiger partial charge in [-0.25, -0.2) is 0 Å². The van der Waals surface area contributed by atoms with Crippen LogP contribution in [0.3, 0.4) is 0 Å². The van der Waals surface area contributed by atoms with Crippen molar-refractivity contribution in [3.05, 3.63) is 42.6 Å². The number of para-hydroxylation sites is 1. The molecule has 0 atom stereocenters. The predicted molar refractivity (Wildman–Crippen MR) is 73.0 cm³/mol. The molecule has 6 nitrogen and oxygen atoms in total. The van der Waals surface area contributed by atoms with Crippen LogP contribution in [0.15, 0.2) is 42.6 Å². The molecule has 0 saturated heterocycles. The van der Waals surface area contributed by atoms with Crippen molar-refractivity contribution in [3.8, 4) is 11.8 Å². The van der Waals surface area contributed by atoms with Gasteiger partial charge in [0.2, 0.25) is 5.91 Å². The number of carbonyl (C=O) groups is 1. The van der Waals surface area contributed by atoms with Crippen molar-refractivity contribution in [2.24, 2.45) is 0 Å². The van der Waals surface area contributed by atoms with Gasteiger partial charge in [0.1, 0.15) is 12.3 Å². The fraction of sp³-hybridized carbons (Fsp3) is 0.214. The molecule has 1 aromatic heterocycles. The van der Waals surface area contributed by atoms with Gasteiger partial charge in [0.05, 0.1) is 19.1 Å². The van der Waals surface area contributed by atoms with Gasteiger partial charge in [0.25, 0.3) is 0 Å². The number of benzene rings is 1. The average molecular weight is 270 g/mol. The molecule has 102 valence electrons. The highest BCUT2D eigenvalue weighted by Crippen LogP contribution is 2.09. The lowest BCUT2D eigenvalue weighted by atomic mass is 10.3. The first-order chi connectivity index (χ1) is 9.78. The molecule has 0 fully saturated rings. The van der Waals surface area contributed by atoms with Crippen LogP contribution in [0.2, 0.25) is 0 Å². The molecule has 0 aliphatic rings. The van der Waals surface area contributed by atoms with E-state index in [-0.39, 0.29) is 18.9 Å². The SMILES string of the molecule is N#CCn1ccc(NC(=O)CCOc2ccccc2)n1. The van der Waals surface area contributed by atoms with Gasteiger partial charge in [-0.1, -0.05) is 18.2 Å². The smallest absolute Gasteiger partial charge is 0.229 e. The number of nitrogens with zero attached hydrogens (tertiary/aromatic N) is 3. The highest BCUT2D eigenvalue weighted by atomic mass is 16.5. The van der Waals surface area contributed by atoms with Crippen LogP contribution in [0.5, 0.6) is 5.75 Å². The van der Waals surface area contributed by atoms with Gasteiger partial charge in [-0.15, -0.1) is 0 Å². The fourth-order valence-electron chi connectivity index (χ4n) is 1.57. The number of aromatic nitrogens is 2. The van der Waals surface area contributed by atoms with Gasteiger partial charge in [0.15, 0.2) is 5.82 Å². The second kappa shape index (κ2) is 6.95. The standard InChI is InChI=1S/C14H14N4O2/c15-8-10-18-9-6-13(17-18)16-14(19)7-11-20-12-4-2-1-3-5-12/h1-6,9H,7,10-11H2,(H,16,17,19). The Hall–Kier alpha value is -2.81. The number of carbonyl (C=O) groups excluding carboxylic acids is 1. The van der Waals surface area contributed by atoms with Gasteiger partial charge < -0.3 is 10.1 Å². The third-order valence-corrected chi connectivity index (χ3v) is 2.48. The molecule has 2 rings (SSSR count). The molecule has 0 bridgehead atoms. The molecule has 0 aliphatic heterocycles. The molecular weight excluding hydrogens is 256 g/mol. The second-order valence-electron chi connectivity index (χ2n) is 4.02. The van der Waals surface area contributed by atoms with Gasteiger partial charge in [-0.05, 0) is 12.1 Å². The third-order valence-electron chi connectivity index (χ3n) is 2.48. The molecule has 0 aliphatic carbocycles. The predicted octanol–water partition coefficient (Wildman–Crippen LogP) is 1.81. The zero-order valence-electron chi connectivity index (χ0n) is 10.8. The Morgan fingerprint density at radius 2 is 2.15 bits per heavy atom. The number of nitrogens with one attached hydrogen (secondary N) is 1. The van der Waals surface area contributed by atoms with Crippen LogP contribution in [0, 0.1) is 11.3 Å². The third kappa shape index (κ3) is 4.14. The molecule has 1 N–H and O–H groups in total. The Bertz CT molecular complexity index is 601. The van der Waals surface area contributed by atoms with Gasteiger partial charge >= 0.3 is 0 Å². The highest BCUT2D eigenvalue weighted by molar-refractivity contribution is 5.89. The van der Waals surface area contributed by atoms with E-state index >= 15 is 0 Å². The topological polar surface area (TPSA) is 79.9 Å². The maximum absolute atomic E-state index is 11.7. The largest absolute Gasteiger partial charge is 0.493 e. The van der Waals surface area contributed by atoms with E-state index in [1.165, 1.54) is 4.68 Å². The van der Waals surface area contributed by atoms with Crippen molar-refractivity contribution in [2.45, 2.75) is 13.0 Å². The van der Waals surface area contributed by atoms with Crippen LogP contribution in [0.1, 0.15) is 6.42 Å². The molecule has 0 radical (unpaired) electrons. The zero-order chi connectivity index (χ0) is 14.2. The Balaban J connectivity index is 1.73. The molecule has 6 heteroatoms. The minimum Gasteiger partial charge on any atom is -0.493 e. The fourth-order valence-corrected chi connectivity index (χ4v) is 1.57. The monoisotopic (exact) mass is 270 g/mol. The van der Waals surface area contributed by atoms with Crippen LogP contribution in [0.25, 0.3) is 0 Å². The van der Waals surface area contributed by atoms with E-state index < -0.39 is 0 Å². The lowest BCUT2D eigenvalue weighted by molar-refractivity contribution is -0.116. The van der Waals surface area contributed by atoms with Gasteiger partial charge in [0, 0.05) is 12.3 Å². The highest BCUT2D eigenvalue weighted by Gasteiger charge is 2.05. The summed E-state index contributed by atoms with van der Waals surface area (Å²) in [4.78, 5) is 11.7. The summed E-state index contributed by atoms with van der Waals surface area (Å²) in [5.41, 5.74) is 0. The van der Waals surface area contributed by atoms with Crippen molar-refractivity contribution in [1.29, 1.82) is 5.26 Å².